The van der Waals surface area contributed by atoms with Gasteiger partial charge in [-0.15, -0.1) is 0 Å². The Bertz CT molecular complexity index is 977. The molecule has 0 unspecified atom stereocenters. The summed E-state index contributed by atoms with van der Waals surface area (Å²) < 4.78 is 13.3. The second-order valence-electron chi connectivity index (χ2n) is 8.49. The zero-order chi connectivity index (χ0) is 19.8. The van der Waals surface area contributed by atoms with Gasteiger partial charge in [0.1, 0.15) is 5.76 Å². The SMILES string of the molecule is Cc1noc(C)c1-c1cnc2nc(NC3CCOCC3)n(CC3CCCC3)c2c1. The van der Waals surface area contributed by atoms with Crippen LogP contribution in [0, 0.1) is 19.8 Å². The van der Waals surface area contributed by atoms with Crippen molar-refractivity contribution in [1.29, 1.82) is 0 Å². The van der Waals surface area contributed by atoms with Gasteiger partial charge in [-0.2, -0.15) is 4.98 Å². The maximum absolute atomic E-state index is 5.52. The van der Waals surface area contributed by atoms with Crippen LogP contribution in [-0.4, -0.2) is 38.9 Å². The van der Waals surface area contributed by atoms with Gasteiger partial charge in [-0.25, -0.2) is 4.98 Å². The van der Waals surface area contributed by atoms with Crippen LogP contribution < -0.4 is 5.32 Å². The van der Waals surface area contributed by atoms with Crippen molar-refractivity contribution in [2.24, 2.45) is 5.92 Å². The van der Waals surface area contributed by atoms with E-state index < -0.39 is 0 Å². The Labute approximate surface area is 170 Å². The second-order valence-corrected chi connectivity index (χ2v) is 8.49. The van der Waals surface area contributed by atoms with Gasteiger partial charge in [0.25, 0.3) is 0 Å². The van der Waals surface area contributed by atoms with E-state index >= 15 is 0 Å². The van der Waals surface area contributed by atoms with Crippen molar-refractivity contribution in [2.45, 2.75) is 65.0 Å². The first-order valence-corrected chi connectivity index (χ1v) is 10.8. The first kappa shape index (κ1) is 18.6. The van der Waals surface area contributed by atoms with E-state index in [0.29, 0.717) is 12.0 Å². The number of aryl methyl sites for hydroxylation is 2. The molecule has 0 bridgehead atoms. The number of hydrogen-bond donors (Lipinski definition) is 1. The van der Waals surface area contributed by atoms with E-state index in [0.717, 1.165) is 72.3 Å². The zero-order valence-electron chi connectivity index (χ0n) is 17.3. The third-order valence-electron chi connectivity index (χ3n) is 6.40. The molecule has 29 heavy (non-hydrogen) atoms. The van der Waals surface area contributed by atoms with Gasteiger partial charge in [-0.05, 0) is 51.5 Å². The normalized spacial score (nSPS) is 18.7. The van der Waals surface area contributed by atoms with Crippen molar-refractivity contribution in [3.63, 3.8) is 0 Å². The summed E-state index contributed by atoms with van der Waals surface area (Å²) in [4.78, 5) is 9.58. The van der Waals surface area contributed by atoms with Crippen LogP contribution in [0.25, 0.3) is 22.3 Å². The molecule has 7 heteroatoms. The average molecular weight is 396 g/mol. The Morgan fingerprint density at radius 1 is 1.14 bits per heavy atom. The molecular formula is C22H29N5O2. The highest BCUT2D eigenvalue weighted by molar-refractivity contribution is 5.81. The molecular weight excluding hydrogens is 366 g/mol. The lowest BCUT2D eigenvalue weighted by molar-refractivity contribution is 0.0902. The van der Waals surface area contributed by atoms with Crippen LogP contribution in [-0.2, 0) is 11.3 Å². The van der Waals surface area contributed by atoms with Crippen LogP contribution in [0.15, 0.2) is 16.8 Å². The van der Waals surface area contributed by atoms with Gasteiger partial charge in [0.2, 0.25) is 5.95 Å². The highest BCUT2D eigenvalue weighted by Gasteiger charge is 2.23. The quantitative estimate of drug-likeness (QED) is 0.686. The summed E-state index contributed by atoms with van der Waals surface area (Å²) in [7, 11) is 0. The smallest absolute Gasteiger partial charge is 0.205 e. The molecule has 1 saturated heterocycles. The van der Waals surface area contributed by atoms with Crippen LogP contribution in [0.3, 0.4) is 0 Å². The molecule has 0 spiro atoms. The lowest BCUT2D eigenvalue weighted by Gasteiger charge is -2.24. The van der Waals surface area contributed by atoms with Gasteiger partial charge >= 0.3 is 0 Å². The molecule has 0 aromatic carbocycles. The molecule has 1 N–H and O–H groups in total. The van der Waals surface area contributed by atoms with E-state index in [-0.39, 0.29) is 0 Å². The van der Waals surface area contributed by atoms with Crippen LogP contribution in [0.2, 0.25) is 0 Å². The van der Waals surface area contributed by atoms with Gasteiger partial charge in [0.15, 0.2) is 5.65 Å². The fraction of sp³-hybridized carbons (Fsp3) is 0.591. The van der Waals surface area contributed by atoms with E-state index in [2.05, 4.69) is 21.1 Å². The lowest BCUT2D eigenvalue weighted by Crippen LogP contribution is -2.29. The third-order valence-corrected chi connectivity index (χ3v) is 6.40. The summed E-state index contributed by atoms with van der Waals surface area (Å²) in [6, 6.07) is 2.61. The summed E-state index contributed by atoms with van der Waals surface area (Å²) in [6.45, 7) is 6.55. The fourth-order valence-corrected chi connectivity index (χ4v) is 4.81. The predicted octanol–water partition coefficient (Wildman–Crippen LogP) is 4.48. The number of pyridine rings is 1. The minimum Gasteiger partial charge on any atom is -0.381 e. The van der Waals surface area contributed by atoms with Crippen molar-refractivity contribution in [1.82, 2.24) is 19.7 Å². The first-order valence-electron chi connectivity index (χ1n) is 10.8. The minimum atomic E-state index is 0.407. The third kappa shape index (κ3) is 3.64. The van der Waals surface area contributed by atoms with Crippen LogP contribution in [0.1, 0.15) is 50.0 Å². The molecule has 7 nitrogen and oxygen atoms in total. The molecule has 2 fully saturated rings. The van der Waals surface area contributed by atoms with Crippen molar-refractivity contribution < 1.29 is 9.26 Å². The largest absolute Gasteiger partial charge is 0.381 e. The highest BCUT2D eigenvalue weighted by Crippen LogP contribution is 2.33. The number of ether oxygens (including phenoxy) is 1. The number of anilines is 1. The average Bonchev–Trinajstić information content (AvgIpc) is 3.44. The molecule has 1 aliphatic heterocycles. The van der Waals surface area contributed by atoms with Crippen LogP contribution >= 0.6 is 0 Å². The van der Waals surface area contributed by atoms with Crippen molar-refractivity contribution in [2.75, 3.05) is 18.5 Å². The number of fused-ring (bicyclic) bond motifs is 1. The Morgan fingerprint density at radius 3 is 2.66 bits per heavy atom. The zero-order valence-corrected chi connectivity index (χ0v) is 17.3. The van der Waals surface area contributed by atoms with Crippen molar-refractivity contribution in [3.8, 4) is 11.1 Å². The maximum atomic E-state index is 5.52. The first-order chi connectivity index (χ1) is 14.2. The Hall–Kier alpha value is -2.41. The molecule has 4 heterocycles. The molecule has 2 aliphatic rings. The molecule has 0 radical (unpaired) electrons. The van der Waals surface area contributed by atoms with Gasteiger partial charge in [0, 0.05) is 43.1 Å². The summed E-state index contributed by atoms with van der Waals surface area (Å²) in [5, 5.41) is 7.80. The highest BCUT2D eigenvalue weighted by atomic mass is 16.5. The van der Waals surface area contributed by atoms with Crippen LogP contribution in [0.5, 0.6) is 0 Å². The van der Waals surface area contributed by atoms with Crippen molar-refractivity contribution >= 4 is 17.1 Å². The number of hydrogen-bond acceptors (Lipinski definition) is 6. The molecule has 0 atom stereocenters. The summed E-state index contributed by atoms with van der Waals surface area (Å²) in [5.41, 5.74) is 4.86. The number of rotatable bonds is 5. The monoisotopic (exact) mass is 395 g/mol. The Kier molecular flexibility index (Phi) is 4.99. The molecule has 5 rings (SSSR count). The topological polar surface area (TPSA) is 78.0 Å². The Balaban J connectivity index is 1.55. The molecule has 3 aromatic rings. The van der Waals surface area contributed by atoms with Gasteiger partial charge < -0.3 is 19.1 Å². The van der Waals surface area contributed by atoms with Gasteiger partial charge in [-0.3, -0.25) is 0 Å². The van der Waals surface area contributed by atoms with E-state index in [1.807, 2.05) is 20.0 Å². The van der Waals surface area contributed by atoms with E-state index in [1.165, 1.54) is 25.7 Å². The van der Waals surface area contributed by atoms with Gasteiger partial charge in [0.05, 0.1) is 11.2 Å². The fourth-order valence-electron chi connectivity index (χ4n) is 4.81. The number of aromatic nitrogens is 4. The Morgan fingerprint density at radius 2 is 1.93 bits per heavy atom. The molecule has 154 valence electrons. The molecule has 0 amide bonds. The predicted molar refractivity (Wildman–Crippen MR) is 112 cm³/mol. The molecule has 1 aliphatic carbocycles. The summed E-state index contributed by atoms with van der Waals surface area (Å²) in [5.74, 6) is 2.48. The maximum Gasteiger partial charge on any atom is 0.205 e. The molecule has 3 aromatic heterocycles. The number of imidazole rings is 1. The lowest BCUT2D eigenvalue weighted by atomic mass is 10.1. The van der Waals surface area contributed by atoms with E-state index in [9.17, 15) is 0 Å². The molecule has 1 saturated carbocycles. The van der Waals surface area contributed by atoms with Gasteiger partial charge in [-0.1, -0.05) is 18.0 Å². The van der Waals surface area contributed by atoms with Crippen LogP contribution in [0.4, 0.5) is 5.95 Å². The standard InChI is InChI=1S/C22H29N5O2/c1-14-20(15(2)29-26-14)17-11-19-21(23-12-17)25-22(24-18-7-9-28-10-8-18)27(19)13-16-5-3-4-6-16/h11-12,16,18H,3-10,13H2,1-2H3,(H,23,24,25). The second kappa shape index (κ2) is 7.78. The number of nitrogens with one attached hydrogen (secondary N) is 1. The number of nitrogens with zero attached hydrogens (tertiary/aromatic N) is 4. The summed E-state index contributed by atoms with van der Waals surface area (Å²) in [6.07, 6.45) is 9.20. The minimum absolute atomic E-state index is 0.407. The van der Waals surface area contributed by atoms with E-state index in [4.69, 9.17) is 19.2 Å². The van der Waals surface area contributed by atoms with E-state index in [1.54, 1.807) is 0 Å². The van der Waals surface area contributed by atoms with Crippen molar-refractivity contribution in [3.05, 3.63) is 23.7 Å². The summed E-state index contributed by atoms with van der Waals surface area (Å²) >= 11 is 0.